The largest absolute Gasteiger partial charge is 0.354 e. The van der Waals surface area contributed by atoms with Gasteiger partial charge in [-0.25, -0.2) is 18.4 Å². The smallest absolute Gasteiger partial charge is 0.153 e. The van der Waals surface area contributed by atoms with Crippen LogP contribution in [-0.2, 0) is 22.7 Å². The van der Waals surface area contributed by atoms with Gasteiger partial charge in [-0.15, -0.1) is 11.3 Å². The van der Waals surface area contributed by atoms with Crippen LogP contribution in [-0.4, -0.2) is 43.0 Å². The number of nitrogens with zero attached hydrogens (tertiary/aromatic N) is 3. The summed E-state index contributed by atoms with van der Waals surface area (Å²) in [6.07, 6.45) is 3.45. The molecule has 2 aromatic rings. The van der Waals surface area contributed by atoms with E-state index in [1.54, 1.807) is 11.3 Å². The Kier molecular flexibility index (Phi) is 2.97. The Labute approximate surface area is 127 Å². The molecule has 112 valence electrons. The molecule has 5 nitrogen and oxygen atoms in total. The van der Waals surface area contributed by atoms with E-state index in [1.165, 1.54) is 22.2 Å². The number of aromatic nitrogens is 2. The van der Waals surface area contributed by atoms with E-state index in [1.807, 2.05) is 6.92 Å². The molecule has 7 heteroatoms. The zero-order valence-electron chi connectivity index (χ0n) is 11.9. The topological polar surface area (TPSA) is 63.2 Å². The maximum atomic E-state index is 11.6. The summed E-state index contributed by atoms with van der Waals surface area (Å²) in [5, 5.41) is 1.18. The Morgan fingerprint density at radius 2 is 1.90 bits per heavy atom. The molecule has 0 aromatic carbocycles. The maximum absolute atomic E-state index is 11.6. The molecule has 21 heavy (non-hydrogen) atoms. The van der Waals surface area contributed by atoms with Gasteiger partial charge >= 0.3 is 0 Å². The van der Waals surface area contributed by atoms with Gasteiger partial charge in [-0.1, -0.05) is 0 Å². The zero-order chi connectivity index (χ0) is 14.6. The number of rotatable bonds is 1. The average Bonchev–Trinajstić information content (AvgIpc) is 2.97. The lowest BCUT2D eigenvalue weighted by molar-refractivity contribution is 0.586. The summed E-state index contributed by atoms with van der Waals surface area (Å²) in [5.74, 6) is 2.17. The minimum absolute atomic E-state index is 0.226. The maximum Gasteiger partial charge on any atom is 0.153 e. The minimum Gasteiger partial charge on any atom is -0.354 e. The van der Waals surface area contributed by atoms with Crippen molar-refractivity contribution < 1.29 is 8.42 Å². The van der Waals surface area contributed by atoms with Crippen LogP contribution in [0.2, 0.25) is 0 Å². The van der Waals surface area contributed by atoms with E-state index in [-0.39, 0.29) is 11.5 Å². The number of hydrogen-bond donors (Lipinski definition) is 0. The van der Waals surface area contributed by atoms with E-state index in [2.05, 4.69) is 14.9 Å². The molecule has 1 aliphatic heterocycles. The molecule has 1 fully saturated rings. The lowest BCUT2D eigenvalue weighted by Gasteiger charge is -2.28. The molecule has 1 aliphatic carbocycles. The van der Waals surface area contributed by atoms with Crippen LogP contribution in [0.3, 0.4) is 0 Å². The van der Waals surface area contributed by atoms with Gasteiger partial charge in [-0.3, -0.25) is 0 Å². The molecule has 4 rings (SSSR count). The second kappa shape index (κ2) is 4.64. The molecule has 2 aromatic heterocycles. The molecule has 1 saturated heterocycles. The molecule has 0 amide bonds. The van der Waals surface area contributed by atoms with E-state index in [9.17, 15) is 8.42 Å². The van der Waals surface area contributed by atoms with Crippen molar-refractivity contribution in [1.82, 2.24) is 9.97 Å². The van der Waals surface area contributed by atoms with E-state index >= 15 is 0 Å². The molecule has 0 N–H and O–H groups in total. The van der Waals surface area contributed by atoms with Gasteiger partial charge < -0.3 is 4.90 Å². The standard InChI is InChI=1S/C14H17N3O2S2/c1-9-15-13(17-5-7-21(18,19)8-6-17)12-10-3-2-4-11(10)20-14(12)16-9/h2-8H2,1H3. The van der Waals surface area contributed by atoms with Gasteiger partial charge in [0, 0.05) is 18.0 Å². The Morgan fingerprint density at radius 3 is 2.67 bits per heavy atom. The summed E-state index contributed by atoms with van der Waals surface area (Å²) in [6, 6.07) is 0. The Bertz CT molecular complexity index is 812. The highest BCUT2D eigenvalue weighted by molar-refractivity contribution is 7.91. The fourth-order valence-corrected chi connectivity index (χ4v) is 5.74. The number of fused-ring (bicyclic) bond motifs is 3. The summed E-state index contributed by atoms with van der Waals surface area (Å²) in [7, 11) is -2.87. The first-order valence-electron chi connectivity index (χ1n) is 7.28. The number of hydrogen-bond acceptors (Lipinski definition) is 6. The van der Waals surface area contributed by atoms with Crippen molar-refractivity contribution in [2.45, 2.75) is 26.2 Å². The third-order valence-electron chi connectivity index (χ3n) is 4.30. The zero-order valence-corrected chi connectivity index (χ0v) is 13.6. The first kappa shape index (κ1) is 13.5. The molecule has 0 saturated carbocycles. The first-order chi connectivity index (χ1) is 10.0. The van der Waals surface area contributed by atoms with Crippen molar-refractivity contribution in [3.63, 3.8) is 0 Å². The predicted octanol–water partition coefficient (Wildman–Crippen LogP) is 1.72. The fourth-order valence-electron chi connectivity index (χ4n) is 3.23. The first-order valence-corrected chi connectivity index (χ1v) is 9.91. The van der Waals surface area contributed by atoms with Gasteiger partial charge in [0.2, 0.25) is 0 Å². The van der Waals surface area contributed by atoms with Crippen LogP contribution in [0, 0.1) is 6.92 Å². The molecular formula is C14H17N3O2S2. The molecule has 2 aliphatic rings. The summed E-state index contributed by atoms with van der Waals surface area (Å²) >= 11 is 1.78. The second-order valence-corrected chi connectivity index (χ2v) is 9.16. The monoisotopic (exact) mass is 323 g/mol. The minimum atomic E-state index is -2.87. The number of anilines is 1. The molecular weight excluding hydrogens is 306 g/mol. The van der Waals surface area contributed by atoms with Gasteiger partial charge in [0.1, 0.15) is 16.5 Å². The fraction of sp³-hybridized carbons (Fsp3) is 0.571. The van der Waals surface area contributed by atoms with Crippen molar-refractivity contribution in [3.05, 3.63) is 16.3 Å². The van der Waals surface area contributed by atoms with Gasteiger partial charge in [0.15, 0.2) is 9.84 Å². The van der Waals surface area contributed by atoms with Crippen LogP contribution in [0.5, 0.6) is 0 Å². The summed E-state index contributed by atoms with van der Waals surface area (Å²) in [6.45, 7) is 2.99. The van der Waals surface area contributed by atoms with Gasteiger partial charge in [0.25, 0.3) is 0 Å². The molecule has 0 bridgehead atoms. The van der Waals surface area contributed by atoms with E-state index < -0.39 is 9.84 Å². The van der Waals surface area contributed by atoms with Gasteiger partial charge in [0.05, 0.1) is 16.9 Å². The summed E-state index contributed by atoms with van der Waals surface area (Å²) in [5.41, 5.74) is 1.40. The predicted molar refractivity (Wildman–Crippen MR) is 85.0 cm³/mol. The third kappa shape index (κ3) is 2.23. The summed E-state index contributed by atoms with van der Waals surface area (Å²) < 4.78 is 23.3. The SMILES string of the molecule is Cc1nc(N2CCS(=O)(=O)CC2)c2c3c(sc2n1)CCC3. The van der Waals surface area contributed by atoms with Crippen molar-refractivity contribution in [1.29, 1.82) is 0 Å². The number of sulfone groups is 1. The molecule has 0 spiro atoms. The highest BCUT2D eigenvalue weighted by Crippen LogP contribution is 2.40. The average molecular weight is 323 g/mol. The normalized spacial score (nSPS) is 20.9. The van der Waals surface area contributed by atoms with Crippen LogP contribution in [0.4, 0.5) is 5.82 Å². The van der Waals surface area contributed by atoms with Crippen LogP contribution in [0.15, 0.2) is 0 Å². The van der Waals surface area contributed by atoms with Crippen LogP contribution in [0.1, 0.15) is 22.7 Å². The molecule has 0 unspecified atom stereocenters. The van der Waals surface area contributed by atoms with E-state index in [4.69, 9.17) is 0 Å². The van der Waals surface area contributed by atoms with Crippen molar-refractivity contribution in [2.24, 2.45) is 0 Å². The van der Waals surface area contributed by atoms with E-state index in [0.717, 1.165) is 29.3 Å². The Balaban J connectivity index is 1.84. The van der Waals surface area contributed by atoms with Crippen LogP contribution >= 0.6 is 11.3 Å². The number of thiophene rings is 1. The molecule has 3 heterocycles. The Hall–Kier alpha value is -1.21. The van der Waals surface area contributed by atoms with E-state index in [0.29, 0.717) is 13.1 Å². The molecule has 0 atom stereocenters. The van der Waals surface area contributed by atoms with Crippen molar-refractivity contribution >= 4 is 37.2 Å². The van der Waals surface area contributed by atoms with Crippen molar-refractivity contribution in [2.75, 3.05) is 29.5 Å². The second-order valence-electron chi connectivity index (χ2n) is 5.77. The Morgan fingerprint density at radius 1 is 1.14 bits per heavy atom. The summed E-state index contributed by atoms with van der Waals surface area (Å²) in [4.78, 5) is 13.9. The third-order valence-corrected chi connectivity index (χ3v) is 7.10. The molecule has 0 radical (unpaired) electrons. The van der Waals surface area contributed by atoms with Crippen LogP contribution < -0.4 is 4.90 Å². The van der Waals surface area contributed by atoms with Gasteiger partial charge in [-0.2, -0.15) is 0 Å². The highest BCUT2D eigenvalue weighted by atomic mass is 32.2. The quantitative estimate of drug-likeness (QED) is 0.800. The highest BCUT2D eigenvalue weighted by Gasteiger charge is 2.28. The number of aryl methyl sites for hydroxylation is 3. The van der Waals surface area contributed by atoms with Crippen LogP contribution in [0.25, 0.3) is 10.2 Å². The lowest BCUT2D eigenvalue weighted by atomic mass is 10.2. The van der Waals surface area contributed by atoms with Gasteiger partial charge in [-0.05, 0) is 31.7 Å². The lowest BCUT2D eigenvalue weighted by Crippen LogP contribution is -2.40. The van der Waals surface area contributed by atoms with Crippen molar-refractivity contribution in [3.8, 4) is 0 Å².